The number of fused-ring (bicyclic) bond motifs is 1. The molecule has 0 aliphatic heterocycles. The van der Waals surface area contributed by atoms with Gasteiger partial charge < -0.3 is 9.47 Å². The van der Waals surface area contributed by atoms with E-state index in [-0.39, 0.29) is 22.9 Å². The maximum atomic E-state index is 14.1. The minimum Gasteiger partial charge on any atom is -0.497 e. The third kappa shape index (κ3) is 5.09. The summed E-state index contributed by atoms with van der Waals surface area (Å²) in [6.07, 6.45) is 6.52. The van der Waals surface area contributed by atoms with Gasteiger partial charge in [0.2, 0.25) is 5.95 Å². The highest BCUT2D eigenvalue weighted by atomic mass is 32.2. The zero-order valence-electron chi connectivity index (χ0n) is 23.3. The molecule has 1 aliphatic carbocycles. The van der Waals surface area contributed by atoms with Crippen LogP contribution in [0.2, 0.25) is 0 Å². The molecule has 0 bridgehead atoms. The van der Waals surface area contributed by atoms with Crippen molar-refractivity contribution >= 4 is 26.9 Å². The fraction of sp³-hybridized carbons (Fsp3) is 0.219. The Bertz CT molecular complexity index is 1900. The van der Waals surface area contributed by atoms with E-state index in [0.717, 1.165) is 18.4 Å². The van der Waals surface area contributed by atoms with Crippen LogP contribution in [0, 0.1) is 0 Å². The van der Waals surface area contributed by atoms with Gasteiger partial charge in [-0.25, -0.2) is 22.7 Å². The van der Waals surface area contributed by atoms with E-state index in [2.05, 4.69) is 9.97 Å². The lowest BCUT2D eigenvalue weighted by molar-refractivity contribution is 0.401. The van der Waals surface area contributed by atoms with Crippen molar-refractivity contribution in [2.45, 2.75) is 36.6 Å². The van der Waals surface area contributed by atoms with Gasteiger partial charge in [-0.05, 0) is 84.5 Å². The predicted molar refractivity (Wildman–Crippen MR) is 161 cm³/mol. The molecule has 2 heterocycles. The first-order valence-corrected chi connectivity index (χ1v) is 15.1. The number of hydrogen-bond acceptors (Lipinski definition) is 7. The van der Waals surface area contributed by atoms with E-state index < -0.39 is 10.0 Å². The fourth-order valence-corrected chi connectivity index (χ4v) is 6.61. The number of anilines is 1. The second kappa shape index (κ2) is 11.3. The molecule has 5 aromatic rings. The lowest BCUT2D eigenvalue weighted by atomic mass is 9.80. The van der Waals surface area contributed by atoms with Crippen molar-refractivity contribution in [2.24, 2.45) is 0 Å². The highest BCUT2D eigenvalue weighted by molar-refractivity contribution is 7.92. The van der Waals surface area contributed by atoms with E-state index in [4.69, 9.17) is 9.47 Å². The molecular formula is C32H30N4O5S. The first kappa shape index (κ1) is 27.5. The van der Waals surface area contributed by atoms with Crippen LogP contribution in [0.25, 0.3) is 16.6 Å². The molecule has 1 aliphatic rings. The first-order chi connectivity index (χ1) is 20.4. The van der Waals surface area contributed by atoms with Crippen LogP contribution >= 0.6 is 0 Å². The normalized spacial score (nSPS) is 13.5. The quantitative estimate of drug-likeness (QED) is 0.227. The van der Waals surface area contributed by atoms with Gasteiger partial charge in [0.1, 0.15) is 11.5 Å². The molecular weight excluding hydrogens is 552 g/mol. The van der Waals surface area contributed by atoms with E-state index in [1.54, 1.807) is 67.3 Å². The summed E-state index contributed by atoms with van der Waals surface area (Å²) in [5.74, 6) is 1.82. The number of nitrogens with zero attached hydrogens (tertiary/aromatic N) is 4. The summed E-state index contributed by atoms with van der Waals surface area (Å²) in [6, 6.07) is 22.5. The Labute approximate surface area is 244 Å². The van der Waals surface area contributed by atoms with Crippen LogP contribution in [0.4, 0.5) is 5.95 Å². The summed E-state index contributed by atoms with van der Waals surface area (Å²) < 4.78 is 41.9. The number of hydrogen-bond donors (Lipinski definition) is 0. The van der Waals surface area contributed by atoms with Crippen LogP contribution in [0.5, 0.6) is 11.5 Å². The highest BCUT2D eigenvalue weighted by Gasteiger charge is 2.28. The molecule has 3 aromatic carbocycles. The lowest BCUT2D eigenvalue weighted by Gasteiger charge is -2.26. The van der Waals surface area contributed by atoms with Gasteiger partial charge in [0, 0.05) is 23.8 Å². The van der Waals surface area contributed by atoms with Crippen molar-refractivity contribution in [3.8, 4) is 17.2 Å². The van der Waals surface area contributed by atoms with Gasteiger partial charge in [-0.1, -0.05) is 24.6 Å². The molecule has 1 fully saturated rings. The molecule has 42 heavy (non-hydrogen) atoms. The van der Waals surface area contributed by atoms with Crippen LogP contribution in [0.1, 0.15) is 36.3 Å². The smallest absolute Gasteiger partial charge is 0.266 e. The highest BCUT2D eigenvalue weighted by Crippen LogP contribution is 2.39. The Morgan fingerprint density at radius 2 is 1.67 bits per heavy atom. The fourth-order valence-electron chi connectivity index (χ4n) is 5.21. The number of rotatable bonds is 9. The predicted octanol–water partition coefficient (Wildman–Crippen LogP) is 5.46. The topological polar surface area (TPSA) is 104 Å². The van der Waals surface area contributed by atoms with Gasteiger partial charge in [0.15, 0.2) is 0 Å². The van der Waals surface area contributed by atoms with Gasteiger partial charge in [0.25, 0.3) is 15.6 Å². The largest absolute Gasteiger partial charge is 0.497 e. The zero-order valence-corrected chi connectivity index (χ0v) is 24.1. The average molecular weight is 583 g/mol. The molecule has 10 heteroatoms. The first-order valence-electron chi connectivity index (χ1n) is 13.7. The van der Waals surface area contributed by atoms with Gasteiger partial charge in [-0.3, -0.25) is 9.36 Å². The summed E-state index contributed by atoms with van der Waals surface area (Å²) in [7, 11) is -0.943. The monoisotopic (exact) mass is 582 g/mol. The maximum absolute atomic E-state index is 14.1. The minimum absolute atomic E-state index is 0.0123. The number of ether oxygens (including phenoxy) is 2. The van der Waals surface area contributed by atoms with Crippen LogP contribution in [-0.4, -0.2) is 37.2 Å². The molecule has 0 atom stereocenters. The van der Waals surface area contributed by atoms with Crippen LogP contribution in [-0.2, 0) is 16.6 Å². The standard InChI is InChI=1S/C32H30N4O5S/c1-40-26-11-7-22(8-12-26)21-35(32-33-17-4-18-34-32)42(38,39)27-13-15-28-25(19-27)10-16-31(37)36(28)29-14-9-24(20-30(29)41-2)23-5-3-6-23/h4,7-20,23H,3,5-6,21H2,1-2H3. The van der Waals surface area contributed by atoms with Gasteiger partial charge in [-0.15, -0.1) is 0 Å². The summed E-state index contributed by atoms with van der Waals surface area (Å²) in [6.45, 7) is 0.0123. The van der Waals surface area contributed by atoms with Gasteiger partial charge in [-0.2, -0.15) is 0 Å². The second-order valence-electron chi connectivity index (χ2n) is 10.2. The number of benzene rings is 3. The molecule has 6 rings (SSSR count). The van der Waals surface area contributed by atoms with E-state index in [0.29, 0.717) is 34.0 Å². The lowest BCUT2D eigenvalue weighted by Crippen LogP contribution is -2.32. The summed E-state index contributed by atoms with van der Waals surface area (Å²) >= 11 is 0. The van der Waals surface area contributed by atoms with Crippen LogP contribution < -0.4 is 19.3 Å². The minimum atomic E-state index is -4.11. The number of sulfonamides is 1. The molecule has 1 saturated carbocycles. The van der Waals surface area contributed by atoms with Gasteiger partial charge >= 0.3 is 0 Å². The SMILES string of the molecule is COc1ccc(CN(c2ncccn2)S(=O)(=O)c2ccc3c(ccc(=O)n3-c3ccc(C4CCC4)cc3OC)c2)cc1. The Morgan fingerprint density at radius 3 is 2.33 bits per heavy atom. The molecule has 0 spiro atoms. The number of aromatic nitrogens is 3. The molecule has 2 aromatic heterocycles. The number of methoxy groups -OCH3 is 2. The van der Waals surface area contributed by atoms with Crippen molar-refractivity contribution in [1.82, 2.24) is 14.5 Å². The van der Waals surface area contributed by atoms with E-state index in [9.17, 15) is 13.2 Å². The molecule has 9 nitrogen and oxygen atoms in total. The van der Waals surface area contributed by atoms with Crippen molar-refractivity contribution < 1.29 is 17.9 Å². The van der Waals surface area contributed by atoms with E-state index in [1.165, 1.54) is 40.8 Å². The van der Waals surface area contributed by atoms with Gasteiger partial charge in [0.05, 0.1) is 36.9 Å². The molecule has 0 amide bonds. The van der Waals surface area contributed by atoms with Crippen molar-refractivity contribution in [2.75, 3.05) is 18.5 Å². The summed E-state index contributed by atoms with van der Waals surface area (Å²) in [5.41, 5.74) is 2.86. The molecule has 0 radical (unpaired) electrons. The van der Waals surface area contributed by atoms with Crippen molar-refractivity contribution in [3.05, 3.63) is 113 Å². The van der Waals surface area contributed by atoms with Crippen LogP contribution in [0.3, 0.4) is 0 Å². The van der Waals surface area contributed by atoms with E-state index in [1.807, 2.05) is 18.2 Å². The van der Waals surface area contributed by atoms with Crippen LogP contribution in [0.15, 0.2) is 101 Å². The maximum Gasteiger partial charge on any atom is 0.266 e. The third-order valence-corrected chi connectivity index (χ3v) is 9.46. The second-order valence-corrected chi connectivity index (χ2v) is 12.1. The molecule has 0 N–H and O–H groups in total. The zero-order chi connectivity index (χ0) is 29.3. The summed E-state index contributed by atoms with van der Waals surface area (Å²) in [4.78, 5) is 21.7. The van der Waals surface area contributed by atoms with Crippen molar-refractivity contribution in [3.63, 3.8) is 0 Å². The third-order valence-electron chi connectivity index (χ3n) is 7.74. The Kier molecular flexibility index (Phi) is 7.38. The Hall–Kier alpha value is -4.70. The molecule has 0 unspecified atom stereocenters. The number of pyridine rings is 1. The Balaban J connectivity index is 1.42. The van der Waals surface area contributed by atoms with E-state index >= 15 is 0 Å². The average Bonchev–Trinajstić information content (AvgIpc) is 2.99. The van der Waals surface area contributed by atoms with Crippen molar-refractivity contribution in [1.29, 1.82) is 0 Å². The summed E-state index contributed by atoms with van der Waals surface area (Å²) in [5, 5.41) is 0.583. The molecule has 0 saturated heterocycles. The Morgan fingerprint density at radius 1 is 0.905 bits per heavy atom. The molecule has 214 valence electrons.